The van der Waals surface area contributed by atoms with Crippen LogP contribution < -0.4 is 11.1 Å². The van der Waals surface area contributed by atoms with E-state index in [0.29, 0.717) is 15.8 Å². The van der Waals surface area contributed by atoms with Gasteiger partial charge in [0.15, 0.2) is 0 Å². The summed E-state index contributed by atoms with van der Waals surface area (Å²) in [5.41, 5.74) is 6.91. The Kier molecular flexibility index (Phi) is 4.54. The van der Waals surface area contributed by atoms with Gasteiger partial charge in [-0.2, -0.15) is 11.8 Å². The number of nitrogen functional groups attached to an aromatic ring is 1. The van der Waals surface area contributed by atoms with Gasteiger partial charge in [-0.05, 0) is 28.3 Å². The van der Waals surface area contributed by atoms with Crippen molar-refractivity contribution in [2.75, 3.05) is 29.6 Å². The molecule has 2 nitrogen and oxygen atoms in total. The van der Waals surface area contributed by atoms with Crippen molar-refractivity contribution in [3.63, 3.8) is 0 Å². The molecule has 1 rings (SSSR count). The van der Waals surface area contributed by atoms with E-state index in [1.807, 2.05) is 6.26 Å². The molecule has 14 heavy (non-hydrogen) atoms. The van der Waals surface area contributed by atoms with Gasteiger partial charge in [0.2, 0.25) is 0 Å². The Hall–Kier alpha value is -0.420. The molecule has 78 valence electrons. The van der Waals surface area contributed by atoms with Crippen LogP contribution in [0.3, 0.4) is 0 Å². The largest absolute Gasteiger partial charge is 0.397 e. The van der Waals surface area contributed by atoms with E-state index in [4.69, 9.17) is 5.73 Å². The first kappa shape index (κ1) is 11.7. The van der Waals surface area contributed by atoms with Crippen LogP contribution in [0, 0.1) is 5.82 Å². The maximum Gasteiger partial charge on any atom is 0.139 e. The zero-order valence-electron chi connectivity index (χ0n) is 7.81. The Morgan fingerprint density at radius 1 is 1.57 bits per heavy atom. The van der Waals surface area contributed by atoms with Crippen LogP contribution in [0.25, 0.3) is 0 Å². The van der Waals surface area contributed by atoms with E-state index in [2.05, 4.69) is 21.2 Å². The number of nitrogens with two attached hydrogens (primary N) is 1. The van der Waals surface area contributed by atoms with Gasteiger partial charge in [0.25, 0.3) is 0 Å². The molecule has 0 aliphatic heterocycles. The average molecular weight is 279 g/mol. The number of hydrogen-bond donors (Lipinski definition) is 2. The molecular weight excluding hydrogens is 267 g/mol. The molecule has 0 saturated heterocycles. The van der Waals surface area contributed by atoms with Crippen molar-refractivity contribution in [2.45, 2.75) is 0 Å². The summed E-state index contributed by atoms with van der Waals surface area (Å²) in [7, 11) is 0. The Morgan fingerprint density at radius 2 is 2.29 bits per heavy atom. The normalized spacial score (nSPS) is 10.2. The number of rotatable bonds is 4. The molecule has 0 radical (unpaired) electrons. The molecule has 0 saturated carbocycles. The monoisotopic (exact) mass is 278 g/mol. The summed E-state index contributed by atoms with van der Waals surface area (Å²) in [5.74, 6) is 0.669. The second kappa shape index (κ2) is 5.46. The van der Waals surface area contributed by atoms with Crippen LogP contribution in [-0.4, -0.2) is 18.6 Å². The van der Waals surface area contributed by atoms with Crippen LogP contribution in [0.5, 0.6) is 0 Å². The van der Waals surface area contributed by atoms with Crippen LogP contribution in [0.2, 0.25) is 0 Å². The Labute approximate surface area is 95.6 Å². The van der Waals surface area contributed by atoms with Crippen LogP contribution >= 0.6 is 27.7 Å². The molecule has 0 unspecified atom stereocenters. The van der Waals surface area contributed by atoms with E-state index in [0.717, 1.165) is 12.3 Å². The van der Waals surface area contributed by atoms with Crippen molar-refractivity contribution in [1.82, 2.24) is 0 Å². The second-order valence-electron chi connectivity index (χ2n) is 2.77. The first-order valence-electron chi connectivity index (χ1n) is 4.12. The van der Waals surface area contributed by atoms with Gasteiger partial charge in [-0.15, -0.1) is 0 Å². The molecular formula is C9H12BrFN2S. The van der Waals surface area contributed by atoms with Crippen LogP contribution in [0.15, 0.2) is 16.6 Å². The van der Waals surface area contributed by atoms with Crippen LogP contribution in [-0.2, 0) is 0 Å². The summed E-state index contributed by atoms with van der Waals surface area (Å²) in [6.45, 7) is 0.784. The summed E-state index contributed by atoms with van der Waals surface area (Å²) in [6, 6.07) is 2.97. The predicted octanol–water partition coefficient (Wildman–Crippen LogP) is 2.95. The van der Waals surface area contributed by atoms with Crippen molar-refractivity contribution in [1.29, 1.82) is 0 Å². The van der Waals surface area contributed by atoms with E-state index < -0.39 is 0 Å². The predicted molar refractivity (Wildman–Crippen MR) is 65.4 cm³/mol. The lowest BCUT2D eigenvalue weighted by atomic mass is 10.2. The molecule has 0 amide bonds. The number of nitrogens with one attached hydrogen (secondary N) is 1. The Bertz CT molecular complexity index is 320. The fourth-order valence-corrected chi connectivity index (χ4v) is 1.67. The van der Waals surface area contributed by atoms with Crippen molar-refractivity contribution in [3.05, 3.63) is 22.4 Å². The first-order valence-corrected chi connectivity index (χ1v) is 6.31. The molecule has 5 heteroatoms. The van der Waals surface area contributed by atoms with Gasteiger partial charge in [-0.25, -0.2) is 4.39 Å². The van der Waals surface area contributed by atoms with Crippen molar-refractivity contribution < 1.29 is 4.39 Å². The average Bonchev–Trinajstić information content (AvgIpc) is 2.14. The highest BCUT2D eigenvalue weighted by atomic mass is 79.9. The van der Waals surface area contributed by atoms with Gasteiger partial charge in [0, 0.05) is 18.4 Å². The molecule has 0 aliphatic carbocycles. The molecule has 0 spiro atoms. The molecule has 0 aliphatic rings. The Balaban J connectivity index is 2.72. The van der Waals surface area contributed by atoms with Gasteiger partial charge in [-0.1, -0.05) is 0 Å². The molecule has 0 atom stereocenters. The molecule has 3 N–H and O–H groups in total. The van der Waals surface area contributed by atoms with E-state index in [9.17, 15) is 4.39 Å². The van der Waals surface area contributed by atoms with Crippen molar-refractivity contribution in [2.24, 2.45) is 0 Å². The maximum atomic E-state index is 13.1. The minimum absolute atomic E-state index is 0.300. The molecule has 0 heterocycles. The second-order valence-corrected chi connectivity index (χ2v) is 4.61. The number of anilines is 2. The minimum Gasteiger partial charge on any atom is -0.397 e. The minimum atomic E-state index is -0.300. The molecule has 0 fully saturated rings. The molecule has 1 aromatic rings. The van der Waals surface area contributed by atoms with E-state index in [1.165, 1.54) is 6.07 Å². The van der Waals surface area contributed by atoms with E-state index in [-0.39, 0.29) is 5.82 Å². The quantitative estimate of drug-likeness (QED) is 0.657. The SMILES string of the molecule is CSCCNc1cc(F)c(Br)cc1N. The van der Waals surface area contributed by atoms with Crippen LogP contribution in [0.1, 0.15) is 0 Å². The van der Waals surface area contributed by atoms with E-state index >= 15 is 0 Å². The third-order valence-electron chi connectivity index (χ3n) is 1.71. The number of thioether (sulfide) groups is 1. The molecule has 0 aromatic heterocycles. The van der Waals surface area contributed by atoms with Gasteiger partial charge in [0.1, 0.15) is 5.82 Å². The lowest BCUT2D eigenvalue weighted by Gasteiger charge is -2.09. The lowest BCUT2D eigenvalue weighted by molar-refractivity contribution is 0.622. The van der Waals surface area contributed by atoms with E-state index in [1.54, 1.807) is 17.8 Å². The van der Waals surface area contributed by atoms with Gasteiger partial charge in [-0.3, -0.25) is 0 Å². The smallest absolute Gasteiger partial charge is 0.139 e. The van der Waals surface area contributed by atoms with Crippen LogP contribution in [0.4, 0.5) is 15.8 Å². The zero-order chi connectivity index (χ0) is 10.6. The maximum absolute atomic E-state index is 13.1. The van der Waals surface area contributed by atoms with Gasteiger partial charge in [0.05, 0.1) is 15.8 Å². The fraction of sp³-hybridized carbons (Fsp3) is 0.333. The lowest BCUT2D eigenvalue weighted by Crippen LogP contribution is -2.06. The number of hydrogen-bond acceptors (Lipinski definition) is 3. The third-order valence-corrected chi connectivity index (χ3v) is 2.93. The number of benzene rings is 1. The first-order chi connectivity index (χ1) is 6.65. The highest BCUT2D eigenvalue weighted by Gasteiger charge is 2.04. The summed E-state index contributed by atoms with van der Waals surface area (Å²) in [6.07, 6.45) is 2.02. The molecule has 0 bridgehead atoms. The number of halogens is 2. The van der Waals surface area contributed by atoms with Crippen molar-refractivity contribution >= 4 is 39.1 Å². The third kappa shape index (κ3) is 3.06. The standard InChI is InChI=1S/C9H12BrFN2S/c1-14-3-2-13-9-5-7(11)6(10)4-8(9)12/h4-5,13H,2-3,12H2,1H3. The summed E-state index contributed by atoms with van der Waals surface area (Å²) < 4.78 is 13.5. The fourth-order valence-electron chi connectivity index (χ4n) is 1.00. The van der Waals surface area contributed by atoms with Crippen molar-refractivity contribution in [3.8, 4) is 0 Å². The topological polar surface area (TPSA) is 38.0 Å². The summed E-state index contributed by atoms with van der Waals surface area (Å²) in [4.78, 5) is 0. The highest BCUT2D eigenvalue weighted by Crippen LogP contribution is 2.26. The molecule has 1 aromatic carbocycles. The summed E-state index contributed by atoms with van der Waals surface area (Å²) >= 11 is 4.80. The summed E-state index contributed by atoms with van der Waals surface area (Å²) in [5, 5.41) is 3.08. The van der Waals surface area contributed by atoms with Gasteiger partial charge >= 0.3 is 0 Å². The zero-order valence-corrected chi connectivity index (χ0v) is 10.2. The Morgan fingerprint density at radius 3 is 2.93 bits per heavy atom. The van der Waals surface area contributed by atoms with Gasteiger partial charge < -0.3 is 11.1 Å². The highest BCUT2D eigenvalue weighted by molar-refractivity contribution is 9.10.